The summed E-state index contributed by atoms with van der Waals surface area (Å²) in [6, 6.07) is 14.6. The maximum Gasteiger partial charge on any atom is 0.242 e. The molecule has 0 atom stereocenters. The van der Waals surface area contributed by atoms with Crippen LogP contribution in [0, 0.1) is 0 Å². The molecule has 2 rings (SSSR count). The Morgan fingerprint density at radius 3 is 2.32 bits per heavy atom. The molecule has 28 heavy (non-hydrogen) atoms. The summed E-state index contributed by atoms with van der Waals surface area (Å²) in [5.74, 6) is 0.603. The molecule has 0 bridgehead atoms. The highest BCUT2D eigenvalue weighted by molar-refractivity contribution is 7.89. The first-order chi connectivity index (χ1) is 13.3. The molecule has 1 amide bonds. The predicted molar refractivity (Wildman–Crippen MR) is 110 cm³/mol. The molecule has 6 nitrogen and oxygen atoms in total. The van der Waals surface area contributed by atoms with E-state index in [0.29, 0.717) is 30.8 Å². The molecule has 0 aromatic heterocycles. The molecule has 0 fully saturated rings. The fourth-order valence-corrected chi connectivity index (χ4v) is 3.85. The minimum Gasteiger partial charge on any atom is -0.496 e. The lowest BCUT2D eigenvalue weighted by molar-refractivity contribution is -0.131. The molecule has 0 saturated heterocycles. The van der Waals surface area contributed by atoms with Crippen LogP contribution in [0.2, 0.25) is 0 Å². The van der Waals surface area contributed by atoms with Crippen LogP contribution < -0.4 is 4.74 Å². The Labute approximate surface area is 167 Å². The van der Waals surface area contributed by atoms with Crippen molar-refractivity contribution in [3.8, 4) is 5.75 Å². The van der Waals surface area contributed by atoms with E-state index in [2.05, 4.69) is 0 Å². The number of methoxy groups -OCH3 is 1. The summed E-state index contributed by atoms with van der Waals surface area (Å²) in [6.45, 7) is 3.12. The van der Waals surface area contributed by atoms with E-state index in [4.69, 9.17) is 4.74 Å². The van der Waals surface area contributed by atoms with Crippen molar-refractivity contribution < 1.29 is 17.9 Å². The Bertz CT molecular complexity index is 896. The van der Waals surface area contributed by atoms with E-state index in [1.54, 1.807) is 17.0 Å². The van der Waals surface area contributed by atoms with Gasteiger partial charge in [0, 0.05) is 33.6 Å². The third-order valence-corrected chi connectivity index (χ3v) is 6.40. The molecule has 0 spiro atoms. The summed E-state index contributed by atoms with van der Waals surface area (Å²) in [7, 11) is 0.977. The van der Waals surface area contributed by atoms with Crippen LogP contribution in [0.4, 0.5) is 0 Å². The summed E-state index contributed by atoms with van der Waals surface area (Å²) < 4.78 is 31.3. The number of sulfonamides is 1. The number of benzene rings is 2. The van der Waals surface area contributed by atoms with Gasteiger partial charge in [-0.2, -0.15) is 0 Å². The molecule has 7 heteroatoms. The number of carbonyl (C=O) groups is 1. The average molecular weight is 405 g/mol. The number of ether oxygens (including phenoxy) is 1. The minimum atomic E-state index is -3.54. The number of carbonyl (C=O) groups excluding carboxylic acids is 1. The van der Waals surface area contributed by atoms with Gasteiger partial charge in [0.2, 0.25) is 15.9 Å². The largest absolute Gasteiger partial charge is 0.496 e. The van der Waals surface area contributed by atoms with Crippen molar-refractivity contribution in [2.45, 2.75) is 31.2 Å². The fraction of sp³-hybridized carbons (Fsp3) is 0.381. The molecule has 0 heterocycles. The third-order valence-electron chi connectivity index (χ3n) is 4.59. The summed E-state index contributed by atoms with van der Waals surface area (Å²) in [6.07, 6.45) is 0.687. The van der Waals surface area contributed by atoms with Crippen molar-refractivity contribution in [1.82, 2.24) is 9.21 Å². The van der Waals surface area contributed by atoms with Crippen LogP contribution in [0.5, 0.6) is 5.75 Å². The van der Waals surface area contributed by atoms with E-state index in [-0.39, 0.29) is 17.2 Å². The number of rotatable bonds is 9. The third kappa shape index (κ3) is 5.33. The lowest BCUT2D eigenvalue weighted by Gasteiger charge is -2.21. The lowest BCUT2D eigenvalue weighted by atomic mass is 10.1. The summed E-state index contributed by atoms with van der Waals surface area (Å²) in [5, 5.41) is 0. The second-order valence-corrected chi connectivity index (χ2v) is 8.81. The van der Waals surface area contributed by atoms with Gasteiger partial charge in [-0.15, -0.1) is 0 Å². The predicted octanol–water partition coefficient (Wildman–Crippen LogP) is 2.93. The second kappa shape index (κ2) is 9.71. The van der Waals surface area contributed by atoms with E-state index in [1.165, 1.54) is 31.6 Å². The zero-order valence-corrected chi connectivity index (χ0v) is 17.7. The molecular weight excluding hydrogens is 376 g/mol. The zero-order chi connectivity index (χ0) is 20.7. The Morgan fingerprint density at radius 2 is 1.75 bits per heavy atom. The van der Waals surface area contributed by atoms with Gasteiger partial charge in [0.15, 0.2) is 0 Å². The van der Waals surface area contributed by atoms with E-state index >= 15 is 0 Å². The van der Waals surface area contributed by atoms with Gasteiger partial charge in [0.1, 0.15) is 5.75 Å². The van der Waals surface area contributed by atoms with E-state index in [9.17, 15) is 13.2 Å². The van der Waals surface area contributed by atoms with Gasteiger partial charge in [-0.3, -0.25) is 4.79 Å². The lowest BCUT2D eigenvalue weighted by Crippen LogP contribution is -2.30. The van der Waals surface area contributed by atoms with Gasteiger partial charge in [-0.1, -0.05) is 30.3 Å². The molecular formula is C21H28N2O4S. The number of aryl methyl sites for hydroxylation is 1. The van der Waals surface area contributed by atoms with Crippen molar-refractivity contribution >= 4 is 15.9 Å². The van der Waals surface area contributed by atoms with Gasteiger partial charge in [-0.05, 0) is 42.7 Å². The van der Waals surface area contributed by atoms with Crippen LogP contribution in [-0.4, -0.2) is 51.3 Å². The van der Waals surface area contributed by atoms with Crippen molar-refractivity contribution in [2.24, 2.45) is 0 Å². The molecule has 0 aliphatic heterocycles. The molecule has 152 valence electrons. The highest BCUT2D eigenvalue weighted by Gasteiger charge is 2.20. The van der Waals surface area contributed by atoms with Crippen LogP contribution >= 0.6 is 0 Å². The SMILES string of the molecule is CCN(Cc1ccccc1)C(=O)CCc1cc(S(=O)(=O)N(C)C)ccc1OC. The molecule has 0 unspecified atom stereocenters. The molecule has 2 aromatic rings. The first-order valence-corrected chi connectivity index (χ1v) is 10.6. The van der Waals surface area contributed by atoms with Gasteiger partial charge in [0.25, 0.3) is 0 Å². The Morgan fingerprint density at radius 1 is 1.07 bits per heavy atom. The van der Waals surface area contributed by atoms with Crippen LogP contribution in [-0.2, 0) is 27.8 Å². The quantitative estimate of drug-likeness (QED) is 0.645. The van der Waals surface area contributed by atoms with Crippen LogP contribution in [0.3, 0.4) is 0 Å². The van der Waals surface area contributed by atoms with Gasteiger partial charge >= 0.3 is 0 Å². The summed E-state index contributed by atoms with van der Waals surface area (Å²) in [4.78, 5) is 14.7. The summed E-state index contributed by atoms with van der Waals surface area (Å²) >= 11 is 0. The molecule has 0 N–H and O–H groups in total. The molecule has 0 saturated carbocycles. The molecule has 0 aliphatic carbocycles. The first-order valence-electron chi connectivity index (χ1n) is 9.20. The van der Waals surface area contributed by atoms with Crippen molar-refractivity contribution in [3.05, 3.63) is 59.7 Å². The number of hydrogen-bond donors (Lipinski definition) is 0. The molecule has 0 radical (unpaired) electrons. The monoisotopic (exact) mass is 404 g/mol. The van der Waals surface area contributed by atoms with E-state index < -0.39 is 10.0 Å². The highest BCUT2D eigenvalue weighted by Crippen LogP contribution is 2.25. The van der Waals surface area contributed by atoms with Crippen LogP contribution in [0.25, 0.3) is 0 Å². The Balaban J connectivity index is 2.14. The van der Waals surface area contributed by atoms with Crippen LogP contribution in [0.15, 0.2) is 53.4 Å². The Hall–Kier alpha value is -2.38. The van der Waals surface area contributed by atoms with Crippen molar-refractivity contribution in [3.63, 3.8) is 0 Å². The number of amides is 1. The average Bonchev–Trinajstić information content (AvgIpc) is 2.70. The van der Waals surface area contributed by atoms with Gasteiger partial charge in [-0.25, -0.2) is 12.7 Å². The minimum absolute atomic E-state index is 0.0225. The van der Waals surface area contributed by atoms with E-state index in [0.717, 1.165) is 5.56 Å². The maximum absolute atomic E-state index is 12.7. The second-order valence-electron chi connectivity index (χ2n) is 6.65. The van der Waals surface area contributed by atoms with Crippen LogP contribution in [0.1, 0.15) is 24.5 Å². The normalized spacial score (nSPS) is 11.5. The zero-order valence-electron chi connectivity index (χ0n) is 16.9. The van der Waals surface area contributed by atoms with Crippen molar-refractivity contribution in [1.29, 1.82) is 0 Å². The van der Waals surface area contributed by atoms with E-state index in [1.807, 2.05) is 37.3 Å². The fourth-order valence-electron chi connectivity index (χ4n) is 2.90. The van der Waals surface area contributed by atoms with Crippen molar-refractivity contribution in [2.75, 3.05) is 27.7 Å². The smallest absolute Gasteiger partial charge is 0.242 e. The maximum atomic E-state index is 12.7. The highest BCUT2D eigenvalue weighted by atomic mass is 32.2. The summed E-state index contributed by atoms with van der Waals surface area (Å²) in [5.41, 5.74) is 1.78. The standard InChI is InChI=1S/C21H28N2O4S/c1-5-23(16-17-9-7-6-8-10-17)21(24)14-11-18-15-19(12-13-20(18)27-4)28(25,26)22(2)3/h6-10,12-13,15H,5,11,14,16H2,1-4H3. The number of hydrogen-bond acceptors (Lipinski definition) is 4. The number of nitrogens with zero attached hydrogens (tertiary/aromatic N) is 2. The van der Waals surface area contributed by atoms with Gasteiger partial charge < -0.3 is 9.64 Å². The molecule has 2 aromatic carbocycles. The Kier molecular flexibility index (Phi) is 7.60. The van der Waals surface area contributed by atoms with Gasteiger partial charge in [0.05, 0.1) is 12.0 Å². The first kappa shape index (κ1) is 21.9. The molecule has 0 aliphatic rings. The topological polar surface area (TPSA) is 66.9 Å².